The van der Waals surface area contributed by atoms with Crippen molar-refractivity contribution in [1.29, 1.82) is 0 Å². The van der Waals surface area contributed by atoms with Crippen molar-refractivity contribution in [2.24, 2.45) is 4.99 Å². The third-order valence-electron chi connectivity index (χ3n) is 4.61. The third kappa shape index (κ3) is 4.57. The number of amidine groups is 1. The summed E-state index contributed by atoms with van der Waals surface area (Å²) in [4.78, 5) is 20.8. The Balaban J connectivity index is 1.74. The van der Waals surface area contributed by atoms with Gasteiger partial charge in [0.2, 0.25) is 0 Å². The lowest BCUT2D eigenvalue weighted by Gasteiger charge is -2.13. The van der Waals surface area contributed by atoms with E-state index >= 15 is 0 Å². The van der Waals surface area contributed by atoms with E-state index in [0.29, 0.717) is 5.75 Å². The van der Waals surface area contributed by atoms with E-state index in [-0.39, 0.29) is 5.78 Å². The van der Waals surface area contributed by atoms with E-state index in [1.165, 1.54) is 0 Å². The van der Waals surface area contributed by atoms with Crippen LogP contribution in [0.4, 0.5) is 5.69 Å². The Hall–Kier alpha value is -1.59. The number of rotatable bonds is 5. The number of carbonyl (C=O) groups is 1. The van der Waals surface area contributed by atoms with Gasteiger partial charge in [0.1, 0.15) is 5.84 Å². The first kappa shape index (κ1) is 19.2. The van der Waals surface area contributed by atoms with Crippen LogP contribution in [-0.2, 0) is 0 Å². The van der Waals surface area contributed by atoms with Crippen LogP contribution in [0.2, 0.25) is 0 Å². The van der Waals surface area contributed by atoms with Crippen LogP contribution in [0, 0.1) is 13.8 Å². The molecule has 1 aliphatic heterocycles. The smallest absolute Gasteiger partial charge is 0.173 e. The van der Waals surface area contributed by atoms with E-state index in [1.54, 1.807) is 11.8 Å². The fraction of sp³-hybridized carbons (Fsp3) is 0.333. The standard InChI is InChI=1S/C21H23BrN2OS/c1-14-12-19(23-21-5-4-10-24(21)3)15(2)11-18(14)20(25)13-26-17-8-6-16(22)7-9-17/h6-9,11-12H,4-5,10,13H2,1-3H3. The number of thioether (sulfide) groups is 1. The second-order valence-corrected chi connectivity index (χ2v) is 8.64. The molecule has 1 saturated heterocycles. The average molecular weight is 431 g/mol. The van der Waals surface area contributed by atoms with Crippen molar-refractivity contribution in [3.05, 3.63) is 57.6 Å². The second kappa shape index (κ2) is 8.40. The highest BCUT2D eigenvalue weighted by Crippen LogP contribution is 2.27. The molecular formula is C21H23BrN2OS. The van der Waals surface area contributed by atoms with Gasteiger partial charge in [-0.1, -0.05) is 15.9 Å². The molecule has 136 valence electrons. The number of hydrogen-bond donors (Lipinski definition) is 0. The third-order valence-corrected chi connectivity index (χ3v) is 6.15. The van der Waals surface area contributed by atoms with E-state index in [0.717, 1.165) is 57.0 Å². The van der Waals surface area contributed by atoms with E-state index in [2.05, 4.69) is 27.9 Å². The molecule has 5 heteroatoms. The van der Waals surface area contributed by atoms with Crippen LogP contribution in [0.1, 0.15) is 34.3 Å². The maximum Gasteiger partial charge on any atom is 0.173 e. The minimum atomic E-state index is 0.163. The van der Waals surface area contributed by atoms with E-state index in [4.69, 9.17) is 4.99 Å². The molecule has 3 nitrogen and oxygen atoms in total. The predicted molar refractivity (Wildman–Crippen MR) is 114 cm³/mol. The summed E-state index contributed by atoms with van der Waals surface area (Å²) in [5.41, 5.74) is 3.83. The van der Waals surface area contributed by atoms with Gasteiger partial charge in [-0.05, 0) is 67.8 Å². The van der Waals surface area contributed by atoms with Gasteiger partial charge >= 0.3 is 0 Å². The normalized spacial score (nSPS) is 15.7. The number of ketones is 1. The van der Waals surface area contributed by atoms with E-state index < -0.39 is 0 Å². The van der Waals surface area contributed by atoms with Gasteiger partial charge in [0.15, 0.2) is 5.78 Å². The van der Waals surface area contributed by atoms with Crippen LogP contribution in [0.5, 0.6) is 0 Å². The van der Waals surface area contributed by atoms with Gasteiger partial charge in [-0.15, -0.1) is 11.8 Å². The lowest BCUT2D eigenvalue weighted by atomic mass is 10.0. The summed E-state index contributed by atoms with van der Waals surface area (Å²) < 4.78 is 1.05. The summed E-state index contributed by atoms with van der Waals surface area (Å²) in [5, 5.41) is 0. The summed E-state index contributed by atoms with van der Waals surface area (Å²) in [5.74, 6) is 1.74. The van der Waals surface area contributed by atoms with Crippen molar-refractivity contribution in [2.45, 2.75) is 31.6 Å². The Morgan fingerprint density at radius 2 is 1.92 bits per heavy atom. The molecule has 26 heavy (non-hydrogen) atoms. The fourth-order valence-corrected chi connectivity index (χ4v) is 4.10. The molecule has 0 aliphatic carbocycles. The molecule has 0 saturated carbocycles. The maximum absolute atomic E-state index is 12.7. The van der Waals surface area contributed by atoms with Crippen molar-refractivity contribution in [1.82, 2.24) is 4.90 Å². The molecule has 0 N–H and O–H groups in total. The van der Waals surface area contributed by atoms with Crippen molar-refractivity contribution in [3.63, 3.8) is 0 Å². The van der Waals surface area contributed by atoms with Crippen molar-refractivity contribution in [2.75, 3.05) is 19.3 Å². The van der Waals surface area contributed by atoms with Gasteiger partial charge in [-0.2, -0.15) is 0 Å². The summed E-state index contributed by atoms with van der Waals surface area (Å²) in [6.07, 6.45) is 2.19. The van der Waals surface area contributed by atoms with Crippen LogP contribution in [0.15, 0.2) is 50.8 Å². The predicted octanol–water partition coefficient (Wildman–Crippen LogP) is 5.80. The Labute approximate surface area is 168 Å². The van der Waals surface area contributed by atoms with E-state index in [9.17, 15) is 4.79 Å². The molecule has 2 aromatic rings. The van der Waals surface area contributed by atoms with Crippen LogP contribution in [0.3, 0.4) is 0 Å². The molecule has 0 amide bonds. The monoisotopic (exact) mass is 430 g/mol. The average Bonchev–Trinajstić information content (AvgIpc) is 3.02. The number of aliphatic imine (C=N–C) groups is 1. The number of nitrogens with zero attached hydrogens (tertiary/aromatic N) is 2. The molecule has 0 radical (unpaired) electrons. The molecule has 0 spiro atoms. The SMILES string of the molecule is Cc1cc(C(=O)CSc2ccc(Br)cc2)c(C)cc1N=C1CCCN1C. The summed E-state index contributed by atoms with van der Waals surface area (Å²) in [7, 11) is 2.09. The highest BCUT2D eigenvalue weighted by molar-refractivity contribution is 9.10. The van der Waals surface area contributed by atoms with Gasteiger partial charge < -0.3 is 4.90 Å². The first-order valence-corrected chi connectivity index (χ1v) is 10.5. The maximum atomic E-state index is 12.7. The van der Waals surface area contributed by atoms with Crippen molar-refractivity contribution < 1.29 is 4.79 Å². The van der Waals surface area contributed by atoms with Crippen molar-refractivity contribution in [3.8, 4) is 0 Å². The molecule has 3 rings (SSSR count). The Bertz CT molecular complexity index is 846. The second-order valence-electron chi connectivity index (χ2n) is 6.67. The number of halogens is 1. The van der Waals surface area contributed by atoms with Crippen LogP contribution >= 0.6 is 27.7 Å². The molecular weight excluding hydrogens is 408 g/mol. The number of benzene rings is 2. The zero-order valence-electron chi connectivity index (χ0n) is 15.4. The minimum Gasteiger partial charge on any atom is -0.363 e. The zero-order valence-corrected chi connectivity index (χ0v) is 17.8. The molecule has 1 fully saturated rings. The topological polar surface area (TPSA) is 32.7 Å². The first-order chi connectivity index (χ1) is 12.4. The number of aryl methyl sites for hydroxylation is 2. The number of hydrogen-bond acceptors (Lipinski definition) is 3. The van der Waals surface area contributed by atoms with Crippen LogP contribution < -0.4 is 0 Å². The number of likely N-dealkylation sites (tertiary alicyclic amines) is 1. The Morgan fingerprint density at radius 1 is 1.19 bits per heavy atom. The summed E-state index contributed by atoms with van der Waals surface area (Å²) in [6.45, 7) is 5.10. The lowest BCUT2D eigenvalue weighted by Crippen LogP contribution is -2.18. The highest BCUT2D eigenvalue weighted by Gasteiger charge is 2.16. The van der Waals surface area contributed by atoms with Crippen LogP contribution in [-0.4, -0.2) is 35.9 Å². The van der Waals surface area contributed by atoms with Gasteiger partial charge in [-0.25, -0.2) is 4.99 Å². The van der Waals surface area contributed by atoms with Crippen LogP contribution in [0.25, 0.3) is 0 Å². The number of carbonyl (C=O) groups excluding carboxylic acids is 1. The van der Waals surface area contributed by atoms with Gasteiger partial charge in [0.05, 0.1) is 11.4 Å². The summed E-state index contributed by atoms with van der Waals surface area (Å²) in [6, 6.07) is 12.1. The lowest BCUT2D eigenvalue weighted by molar-refractivity contribution is 0.102. The molecule has 0 atom stereocenters. The Kier molecular flexibility index (Phi) is 6.20. The van der Waals surface area contributed by atoms with Gasteiger partial charge in [-0.3, -0.25) is 4.79 Å². The molecule has 2 aromatic carbocycles. The van der Waals surface area contributed by atoms with Gasteiger partial charge in [0.25, 0.3) is 0 Å². The summed E-state index contributed by atoms with van der Waals surface area (Å²) >= 11 is 5.00. The Morgan fingerprint density at radius 3 is 2.58 bits per heavy atom. The molecule has 0 bridgehead atoms. The molecule has 1 heterocycles. The van der Waals surface area contributed by atoms with Crippen molar-refractivity contribution >= 4 is 45.0 Å². The minimum absolute atomic E-state index is 0.163. The first-order valence-electron chi connectivity index (χ1n) is 8.75. The van der Waals surface area contributed by atoms with Gasteiger partial charge in [0, 0.05) is 34.9 Å². The molecule has 0 unspecified atom stereocenters. The molecule has 1 aliphatic rings. The largest absolute Gasteiger partial charge is 0.363 e. The highest BCUT2D eigenvalue weighted by atomic mass is 79.9. The quantitative estimate of drug-likeness (QED) is 0.443. The molecule has 0 aromatic heterocycles. The number of Topliss-reactive ketones (excluding diaryl/α,β-unsaturated/α-hetero) is 1. The zero-order chi connectivity index (χ0) is 18.7. The fourth-order valence-electron chi connectivity index (χ4n) is 3.05. The van der Waals surface area contributed by atoms with E-state index in [1.807, 2.05) is 50.2 Å².